The molecule has 0 atom stereocenters. The first kappa shape index (κ1) is 15.7. The summed E-state index contributed by atoms with van der Waals surface area (Å²) in [5.41, 5.74) is 0.232. The van der Waals surface area contributed by atoms with E-state index in [9.17, 15) is 21.6 Å². The minimum Gasteiger partial charge on any atom is -0.330 e. The van der Waals surface area contributed by atoms with Crippen LogP contribution < -0.4 is 10.5 Å². The average molecular weight is 288 g/mol. The van der Waals surface area contributed by atoms with Crippen LogP contribution in [0.25, 0.3) is 0 Å². The molecule has 0 aliphatic heterocycles. The van der Waals surface area contributed by atoms with E-state index >= 15 is 0 Å². The number of halogens is 3. The zero-order valence-corrected chi connectivity index (χ0v) is 10.9. The van der Waals surface area contributed by atoms with E-state index in [1.54, 1.807) is 4.72 Å². The number of alkyl halides is 3. The predicted octanol–water partition coefficient (Wildman–Crippen LogP) is 1.72. The molecule has 1 rings (SSSR count). The SMILES string of the molecule is NCC1(CCNS(=O)(=O)C(F)(F)F)CCCCC1. The molecule has 108 valence electrons. The zero-order valence-electron chi connectivity index (χ0n) is 10.1. The molecule has 0 unspecified atom stereocenters. The van der Waals surface area contributed by atoms with E-state index < -0.39 is 15.5 Å². The maximum atomic E-state index is 12.1. The molecule has 3 N–H and O–H groups in total. The highest BCUT2D eigenvalue weighted by atomic mass is 32.2. The second-order valence-corrected chi connectivity index (χ2v) is 6.62. The maximum absolute atomic E-state index is 12.1. The molecular weight excluding hydrogens is 269 g/mol. The maximum Gasteiger partial charge on any atom is 0.511 e. The van der Waals surface area contributed by atoms with Gasteiger partial charge in [-0.2, -0.15) is 13.2 Å². The lowest BCUT2D eigenvalue weighted by Gasteiger charge is -2.36. The molecule has 0 amide bonds. The van der Waals surface area contributed by atoms with Crippen LogP contribution in [-0.2, 0) is 10.0 Å². The fraction of sp³-hybridized carbons (Fsp3) is 1.00. The van der Waals surface area contributed by atoms with Gasteiger partial charge in [-0.1, -0.05) is 19.3 Å². The van der Waals surface area contributed by atoms with Crippen molar-refractivity contribution in [2.45, 2.75) is 44.0 Å². The van der Waals surface area contributed by atoms with Crippen molar-refractivity contribution in [1.29, 1.82) is 0 Å². The molecule has 0 aromatic carbocycles. The molecule has 0 bridgehead atoms. The van der Waals surface area contributed by atoms with Crippen molar-refractivity contribution < 1.29 is 21.6 Å². The minimum absolute atomic E-state index is 0.202. The van der Waals surface area contributed by atoms with Gasteiger partial charge in [0.2, 0.25) is 0 Å². The summed E-state index contributed by atoms with van der Waals surface area (Å²) in [6, 6.07) is 0. The van der Waals surface area contributed by atoms with Gasteiger partial charge in [-0.3, -0.25) is 0 Å². The Balaban J connectivity index is 2.50. The highest BCUT2D eigenvalue weighted by Gasteiger charge is 2.45. The summed E-state index contributed by atoms with van der Waals surface area (Å²) in [4.78, 5) is 0. The first-order valence-electron chi connectivity index (χ1n) is 5.98. The van der Waals surface area contributed by atoms with Gasteiger partial charge in [0.15, 0.2) is 0 Å². The van der Waals surface area contributed by atoms with Crippen LogP contribution in [0, 0.1) is 5.41 Å². The summed E-state index contributed by atoms with van der Waals surface area (Å²) in [7, 11) is -5.22. The topological polar surface area (TPSA) is 72.2 Å². The van der Waals surface area contributed by atoms with Gasteiger partial charge in [0.25, 0.3) is 0 Å². The van der Waals surface area contributed by atoms with E-state index in [-0.39, 0.29) is 12.0 Å². The van der Waals surface area contributed by atoms with Gasteiger partial charge in [0, 0.05) is 6.54 Å². The van der Waals surface area contributed by atoms with Gasteiger partial charge in [0.05, 0.1) is 0 Å². The Morgan fingerprint density at radius 3 is 2.17 bits per heavy atom. The molecule has 8 heteroatoms. The highest BCUT2D eigenvalue weighted by molar-refractivity contribution is 7.90. The monoisotopic (exact) mass is 288 g/mol. The molecule has 0 spiro atoms. The molecular formula is C10H19F3N2O2S. The summed E-state index contributed by atoms with van der Waals surface area (Å²) in [5, 5.41) is 0. The summed E-state index contributed by atoms with van der Waals surface area (Å²) in [5.74, 6) is 0. The lowest BCUT2D eigenvalue weighted by Crippen LogP contribution is -2.41. The highest BCUT2D eigenvalue weighted by Crippen LogP contribution is 2.38. The summed E-state index contributed by atoms with van der Waals surface area (Å²) in [6.45, 7) is 0.180. The van der Waals surface area contributed by atoms with Gasteiger partial charge in [-0.15, -0.1) is 0 Å². The molecule has 0 aromatic heterocycles. The van der Waals surface area contributed by atoms with Gasteiger partial charge >= 0.3 is 15.5 Å². The summed E-state index contributed by atoms with van der Waals surface area (Å²) >= 11 is 0. The van der Waals surface area contributed by atoms with Crippen molar-refractivity contribution in [3.8, 4) is 0 Å². The van der Waals surface area contributed by atoms with Crippen LogP contribution in [0.3, 0.4) is 0 Å². The van der Waals surface area contributed by atoms with E-state index in [1.807, 2.05) is 0 Å². The van der Waals surface area contributed by atoms with Crippen LogP contribution in [-0.4, -0.2) is 27.0 Å². The third kappa shape index (κ3) is 3.83. The number of rotatable bonds is 5. The zero-order chi connectivity index (χ0) is 13.9. The molecule has 0 saturated heterocycles. The number of nitrogens with one attached hydrogen (secondary N) is 1. The van der Waals surface area contributed by atoms with Crippen molar-refractivity contribution >= 4 is 10.0 Å². The Bertz CT molecular complexity index is 362. The fourth-order valence-corrected chi connectivity index (χ4v) is 2.92. The Hall–Kier alpha value is -0.340. The van der Waals surface area contributed by atoms with E-state index in [1.165, 1.54) is 0 Å². The number of hydrogen-bond donors (Lipinski definition) is 2. The second kappa shape index (κ2) is 5.75. The lowest BCUT2D eigenvalue weighted by atomic mass is 9.72. The van der Waals surface area contributed by atoms with Crippen LogP contribution in [0.15, 0.2) is 0 Å². The Kier molecular flexibility index (Phi) is 5.02. The largest absolute Gasteiger partial charge is 0.511 e. The summed E-state index contributed by atoms with van der Waals surface area (Å²) in [6.07, 6.45) is 5.19. The van der Waals surface area contributed by atoms with E-state index in [0.717, 1.165) is 32.1 Å². The molecule has 1 saturated carbocycles. The second-order valence-electron chi connectivity index (χ2n) is 4.86. The number of sulfonamides is 1. The van der Waals surface area contributed by atoms with Crippen LogP contribution >= 0.6 is 0 Å². The van der Waals surface area contributed by atoms with Crippen LogP contribution in [0.4, 0.5) is 13.2 Å². The number of hydrogen-bond acceptors (Lipinski definition) is 3. The van der Waals surface area contributed by atoms with Crippen molar-refractivity contribution in [1.82, 2.24) is 4.72 Å². The van der Waals surface area contributed by atoms with Crippen molar-refractivity contribution in [2.24, 2.45) is 11.1 Å². The van der Waals surface area contributed by atoms with Gasteiger partial charge in [-0.05, 0) is 31.2 Å². The quantitative estimate of drug-likeness (QED) is 0.809. The van der Waals surface area contributed by atoms with Crippen LogP contribution in [0.2, 0.25) is 0 Å². The van der Waals surface area contributed by atoms with Crippen molar-refractivity contribution in [3.63, 3.8) is 0 Å². The molecule has 18 heavy (non-hydrogen) atoms. The van der Waals surface area contributed by atoms with E-state index in [2.05, 4.69) is 0 Å². The lowest BCUT2D eigenvalue weighted by molar-refractivity contribution is -0.0448. The molecule has 1 aliphatic carbocycles. The predicted molar refractivity (Wildman–Crippen MR) is 62.2 cm³/mol. The molecule has 4 nitrogen and oxygen atoms in total. The van der Waals surface area contributed by atoms with Gasteiger partial charge in [0.1, 0.15) is 0 Å². The normalized spacial score (nSPS) is 20.9. The minimum atomic E-state index is -5.24. The van der Waals surface area contributed by atoms with E-state index in [0.29, 0.717) is 13.0 Å². The van der Waals surface area contributed by atoms with E-state index in [4.69, 9.17) is 5.73 Å². The van der Waals surface area contributed by atoms with Crippen LogP contribution in [0.1, 0.15) is 38.5 Å². The fourth-order valence-electron chi connectivity index (χ4n) is 2.39. The van der Waals surface area contributed by atoms with Gasteiger partial charge < -0.3 is 5.73 Å². The first-order valence-corrected chi connectivity index (χ1v) is 7.47. The smallest absolute Gasteiger partial charge is 0.330 e. The molecule has 0 radical (unpaired) electrons. The van der Waals surface area contributed by atoms with Crippen molar-refractivity contribution in [3.05, 3.63) is 0 Å². The molecule has 1 fully saturated rings. The molecule has 0 aromatic rings. The Morgan fingerprint density at radius 2 is 1.72 bits per heavy atom. The third-order valence-electron chi connectivity index (χ3n) is 3.60. The van der Waals surface area contributed by atoms with Gasteiger partial charge in [-0.25, -0.2) is 13.1 Å². The Morgan fingerprint density at radius 1 is 1.17 bits per heavy atom. The third-order valence-corrected chi connectivity index (χ3v) is 4.79. The number of nitrogens with two attached hydrogens (primary N) is 1. The Labute approximate surface area is 105 Å². The average Bonchev–Trinajstić information content (AvgIpc) is 2.28. The van der Waals surface area contributed by atoms with Crippen molar-refractivity contribution in [2.75, 3.05) is 13.1 Å². The first-order chi connectivity index (χ1) is 8.22. The molecule has 0 heterocycles. The summed E-state index contributed by atoms with van der Waals surface area (Å²) < 4.78 is 59.5. The standard InChI is InChI=1S/C10H19F3N2O2S/c11-10(12,13)18(16,17)15-7-6-9(8-14)4-2-1-3-5-9/h15H,1-8,14H2. The molecule has 1 aliphatic rings. The van der Waals surface area contributed by atoms with Crippen LogP contribution in [0.5, 0.6) is 0 Å².